The minimum atomic E-state index is -0.741. The van der Waals surface area contributed by atoms with Gasteiger partial charge in [-0.15, -0.1) is 10.2 Å². The van der Waals surface area contributed by atoms with Gasteiger partial charge in [-0.2, -0.15) is 0 Å². The van der Waals surface area contributed by atoms with Gasteiger partial charge in [-0.25, -0.2) is 0 Å². The molecule has 0 spiro atoms. The highest BCUT2D eigenvalue weighted by atomic mass is 16.5. The zero-order valence-electron chi connectivity index (χ0n) is 30.7. The SMILES string of the molecule is CNc1nnc(-c2ccccc2O)cc1N1CCC(C(=O)NCCOCCOCCOCC(=O)Nc2cccc3c2CN(C2CCC(=O)NC2=O)C3=O)CC1. The van der Waals surface area contributed by atoms with E-state index in [0.29, 0.717) is 86.2 Å². The van der Waals surface area contributed by atoms with E-state index in [-0.39, 0.29) is 68.6 Å². The lowest BCUT2D eigenvalue weighted by molar-refractivity contribution is -0.137. The van der Waals surface area contributed by atoms with Gasteiger partial charge in [-0.05, 0) is 49.6 Å². The van der Waals surface area contributed by atoms with Crippen molar-refractivity contribution in [1.29, 1.82) is 0 Å². The first-order chi connectivity index (χ1) is 26.7. The van der Waals surface area contributed by atoms with Crippen LogP contribution in [-0.4, -0.2) is 122 Å². The zero-order valence-corrected chi connectivity index (χ0v) is 30.7. The Labute approximate surface area is 318 Å². The third-order valence-electron chi connectivity index (χ3n) is 9.78. The van der Waals surface area contributed by atoms with Crippen LogP contribution in [0.4, 0.5) is 17.2 Å². The van der Waals surface area contributed by atoms with Crippen LogP contribution in [0.25, 0.3) is 11.3 Å². The van der Waals surface area contributed by atoms with Crippen molar-refractivity contribution in [3.05, 3.63) is 59.7 Å². The molecule has 1 unspecified atom stereocenters. The number of nitrogens with one attached hydrogen (secondary N) is 4. The van der Waals surface area contributed by atoms with E-state index in [4.69, 9.17) is 14.2 Å². The number of rotatable bonds is 17. The maximum absolute atomic E-state index is 13.0. The number of aromatic hydroxyl groups is 1. The van der Waals surface area contributed by atoms with Crippen LogP contribution in [0.15, 0.2) is 48.5 Å². The molecule has 2 aromatic carbocycles. The van der Waals surface area contributed by atoms with Crippen LogP contribution in [0.5, 0.6) is 5.75 Å². The predicted octanol–water partition coefficient (Wildman–Crippen LogP) is 1.67. The molecule has 2 fully saturated rings. The van der Waals surface area contributed by atoms with Gasteiger partial charge in [0.05, 0.1) is 44.4 Å². The highest BCUT2D eigenvalue weighted by Crippen LogP contribution is 2.35. The monoisotopic (exact) mass is 758 g/mol. The Hall–Kier alpha value is -5.65. The van der Waals surface area contributed by atoms with Crippen LogP contribution < -0.4 is 26.2 Å². The second-order valence-corrected chi connectivity index (χ2v) is 13.3. The number of amides is 5. The number of imide groups is 1. The number of anilines is 3. The number of carbonyl (C=O) groups excluding carboxylic acids is 5. The fraction of sp³-hybridized carbons (Fsp3) is 0.447. The lowest BCUT2D eigenvalue weighted by Crippen LogP contribution is -2.52. The highest BCUT2D eigenvalue weighted by Gasteiger charge is 2.40. The number of para-hydroxylation sites is 1. The zero-order chi connectivity index (χ0) is 38.7. The number of hydrogen-bond donors (Lipinski definition) is 5. The summed E-state index contributed by atoms with van der Waals surface area (Å²) in [4.78, 5) is 65.9. The molecule has 5 N–H and O–H groups in total. The maximum atomic E-state index is 13.0. The first kappa shape index (κ1) is 39.1. The lowest BCUT2D eigenvalue weighted by Gasteiger charge is -2.33. The Morgan fingerprint density at radius 2 is 1.64 bits per heavy atom. The van der Waals surface area contributed by atoms with E-state index in [9.17, 15) is 29.1 Å². The van der Waals surface area contributed by atoms with Gasteiger partial charge in [0.2, 0.25) is 23.6 Å². The second kappa shape index (κ2) is 18.6. The molecule has 0 saturated carbocycles. The largest absolute Gasteiger partial charge is 0.507 e. The summed E-state index contributed by atoms with van der Waals surface area (Å²) >= 11 is 0. The third-order valence-corrected chi connectivity index (χ3v) is 9.78. The molecule has 4 heterocycles. The number of phenols is 1. The van der Waals surface area contributed by atoms with Gasteiger partial charge in [0.15, 0.2) is 5.82 Å². The molecular formula is C38H46N8O9. The Bertz CT molecular complexity index is 1880. The standard InChI is InChI=1S/C38H46N8O9/c1-39-35-31(21-29(43-44-35)26-5-2-3-8-32(26)47)45-14-11-24(12-15-45)36(50)40-13-16-53-17-18-54-19-20-55-23-34(49)41-28-7-4-6-25-27(28)22-46(38(25)52)30-9-10-33(48)42-37(30)51/h2-8,21,24,30,47H,9-20,22-23H2,1H3,(H,39,44)(H,40,50)(H,41,49)(H,42,48,51). The topological polar surface area (TPSA) is 214 Å². The van der Waals surface area contributed by atoms with Crippen LogP contribution in [0.2, 0.25) is 0 Å². The molecule has 0 aliphatic carbocycles. The molecule has 55 heavy (non-hydrogen) atoms. The van der Waals surface area contributed by atoms with Crippen LogP contribution in [0.3, 0.4) is 0 Å². The van der Waals surface area contributed by atoms with Gasteiger partial charge in [0.1, 0.15) is 18.4 Å². The molecule has 0 radical (unpaired) electrons. The van der Waals surface area contributed by atoms with Crippen LogP contribution >= 0.6 is 0 Å². The smallest absolute Gasteiger partial charge is 0.255 e. The average molecular weight is 759 g/mol. The van der Waals surface area contributed by atoms with Crippen molar-refractivity contribution in [3.8, 4) is 17.0 Å². The Morgan fingerprint density at radius 1 is 0.909 bits per heavy atom. The van der Waals surface area contributed by atoms with Crippen LogP contribution in [0.1, 0.15) is 41.6 Å². The van der Waals surface area contributed by atoms with Gasteiger partial charge in [0.25, 0.3) is 5.91 Å². The molecule has 2 saturated heterocycles. The molecular weight excluding hydrogens is 712 g/mol. The number of piperidine rings is 2. The summed E-state index contributed by atoms with van der Waals surface area (Å²) in [5.74, 6) is -0.914. The predicted molar refractivity (Wildman–Crippen MR) is 200 cm³/mol. The van der Waals surface area contributed by atoms with Crippen LogP contribution in [-0.2, 0) is 39.9 Å². The van der Waals surface area contributed by atoms with Crippen molar-refractivity contribution in [2.45, 2.75) is 38.3 Å². The van der Waals surface area contributed by atoms with Crippen molar-refractivity contribution in [2.75, 3.05) is 81.9 Å². The van der Waals surface area contributed by atoms with E-state index in [1.807, 2.05) is 12.1 Å². The van der Waals surface area contributed by atoms with Gasteiger partial charge < -0.3 is 45.1 Å². The van der Waals surface area contributed by atoms with E-state index in [1.165, 1.54) is 4.90 Å². The van der Waals surface area contributed by atoms with Crippen molar-refractivity contribution in [3.63, 3.8) is 0 Å². The summed E-state index contributed by atoms with van der Waals surface area (Å²) < 4.78 is 16.5. The number of nitrogens with zero attached hydrogens (tertiary/aromatic N) is 4. The molecule has 292 valence electrons. The summed E-state index contributed by atoms with van der Waals surface area (Å²) in [5.41, 5.74) is 3.53. The number of carbonyl (C=O) groups is 5. The molecule has 17 heteroatoms. The summed E-state index contributed by atoms with van der Waals surface area (Å²) in [6.07, 6.45) is 1.78. The molecule has 6 rings (SSSR count). The van der Waals surface area contributed by atoms with E-state index in [2.05, 4.69) is 36.4 Å². The quantitative estimate of drug-likeness (QED) is 0.0981. The van der Waals surface area contributed by atoms with E-state index >= 15 is 0 Å². The Morgan fingerprint density at radius 3 is 2.38 bits per heavy atom. The number of phenolic OH excluding ortho intramolecular Hbond substituents is 1. The molecule has 3 aromatic rings. The average Bonchev–Trinajstić information content (AvgIpc) is 3.53. The van der Waals surface area contributed by atoms with Gasteiger partial charge in [-0.1, -0.05) is 18.2 Å². The molecule has 17 nitrogen and oxygen atoms in total. The minimum absolute atomic E-state index is 0.00314. The van der Waals surface area contributed by atoms with Crippen molar-refractivity contribution < 1.29 is 43.3 Å². The van der Waals surface area contributed by atoms with Gasteiger partial charge in [-0.3, -0.25) is 29.3 Å². The number of fused-ring (bicyclic) bond motifs is 1. The fourth-order valence-corrected chi connectivity index (χ4v) is 6.89. The molecule has 1 atom stereocenters. The van der Waals surface area contributed by atoms with E-state index < -0.39 is 17.9 Å². The first-order valence-electron chi connectivity index (χ1n) is 18.4. The summed E-state index contributed by atoms with van der Waals surface area (Å²) in [5, 5.41) is 30.0. The summed E-state index contributed by atoms with van der Waals surface area (Å²) in [6, 6.07) is 13.2. The van der Waals surface area contributed by atoms with Crippen molar-refractivity contribution in [1.82, 2.24) is 25.7 Å². The molecule has 3 aliphatic heterocycles. The summed E-state index contributed by atoms with van der Waals surface area (Å²) in [7, 11) is 1.78. The second-order valence-electron chi connectivity index (χ2n) is 13.3. The first-order valence-corrected chi connectivity index (χ1v) is 18.4. The number of ether oxygens (including phenoxy) is 3. The number of benzene rings is 2. The van der Waals surface area contributed by atoms with Gasteiger partial charge >= 0.3 is 0 Å². The normalized spacial score (nSPS) is 17.2. The summed E-state index contributed by atoms with van der Waals surface area (Å²) in [6.45, 7) is 3.09. The highest BCUT2D eigenvalue weighted by molar-refractivity contribution is 6.06. The van der Waals surface area contributed by atoms with E-state index in [0.717, 1.165) is 5.69 Å². The Kier molecular flexibility index (Phi) is 13.2. The maximum Gasteiger partial charge on any atom is 0.255 e. The van der Waals surface area contributed by atoms with Crippen molar-refractivity contribution in [2.24, 2.45) is 5.92 Å². The van der Waals surface area contributed by atoms with Crippen LogP contribution in [0, 0.1) is 5.92 Å². The fourth-order valence-electron chi connectivity index (χ4n) is 6.89. The third kappa shape index (κ3) is 9.72. The van der Waals surface area contributed by atoms with Crippen molar-refractivity contribution >= 4 is 46.7 Å². The minimum Gasteiger partial charge on any atom is -0.507 e. The molecule has 0 bridgehead atoms. The molecule has 3 aliphatic rings. The van der Waals surface area contributed by atoms with E-state index in [1.54, 1.807) is 43.4 Å². The number of aromatic nitrogens is 2. The number of hydrogen-bond acceptors (Lipinski definition) is 13. The molecule has 1 aromatic heterocycles. The van der Waals surface area contributed by atoms with Gasteiger partial charge in [0, 0.05) is 67.9 Å². The lowest BCUT2D eigenvalue weighted by atomic mass is 9.95. The Balaban J connectivity index is 0.808. The molecule has 5 amide bonds.